The average molecular weight is 720 g/mol. The van der Waals surface area contributed by atoms with Crippen molar-refractivity contribution in [3.63, 3.8) is 0 Å². The minimum absolute atomic E-state index is 0.861. The predicted octanol–water partition coefficient (Wildman–Crippen LogP) is 15.6. The molecule has 55 heavy (non-hydrogen) atoms. The lowest BCUT2D eigenvalue weighted by Crippen LogP contribution is -2.13. The Labute approximate surface area is 322 Å². The van der Waals surface area contributed by atoms with Crippen LogP contribution in [0.1, 0.15) is 0 Å². The van der Waals surface area contributed by atoms with Gasteiger partial charge in [-0.3, -0.25) is 0 Å². The molecule has 0 radical (unpaired) electrons. The van der Waals surface area contributed by atoms with E-state index in [1.54, 1.807) is 0 Å². The summed E-state index contributed by atoms with van der Waals surface area (Å²) in [4.78, 5) is 2.48. The Hall–Kier alpha value is -6.94. The topological polar surface area (TPSA) is 16.4 Å². The molecule has 0 amide bonds. The van der Waals surface area contributed by atoms with E-state index >= 15 is 0 Å². The van der Waals surface area contributed by atoms with E-state index in [0.717, 1.165) is 50.1 Å². The Morgan fingerprint density at radius 1 is 0.364 bits per heavy atom. The van der Waals surface area contributed by atoms with Crippen LogP contribution in [0.15, 0.2) is 205 Å². The number of benzene rings is 9. The van der Waals surface area contributed by atoms with Gasteiger partial charge >= 0.3 is 0 Å². The van der Waals surface area contributed by atoms with Gasteiger partial charge in [0.15, 0.2) is 0 Å². The number of hydrogen-bond acceptors (Lipinski definition) is 3. The zero-order valence-electron chi connectivity index (χ0n) is 29.8. The van der Waals surface area contributed by atoms with Crippen LogP contribution in [0.5, 0.6) is 0 Å². The molecule has 0 saturated carbocycles. The van der Waals surface area contributed by atoms with Gasteiger partial charge in [0, 0.05) is 36.7 Å². The summed E-state index contributed by atoms with van der Waals surface area (Å²) in [7, 11) is 0. The quantitative estimate of drug-likeness (QED) is 0.170. The fraction of sp³-hybridized carbons (Fsp3) is 0. The second-order valence-electron chi connectivity index (χ2n) is 14.0. The van der Waals surface area contributed by atoms with Crippen LogP contribution in [0.3, 0.4) is 0 Å². The van der Waals surface area contributed by atoms with Crippen molar-refractivity contribution >= 4 is 81.3 Å². The summed E-state index contributed by atoms with van der Waals surface area (Å²) in [5.41, 5.74) is 12.0. The van der Waals surface area contributed by atoms with E-state index in [-0.39, 0.29) is 0 Å². The molecule has 0 aliphatic heterocycles. The van der Waals surface area contributed by atoms with Crippen molar-refractivity contribution < 1.29 is 4.42 Å². The lowest BCUT2D eigenvalue weighted by molar-refractivity contribution is 0.669. The molecule has 11 rings (SSSR count). The summed E-state index contributed by atoms with van der Waals surface area (Å²) in [6.07, 6.45) is 0. The minimum Gasteiger partial charge on any atom is -0.456 e. The number of anilines is 3. The first-order valence-electron chi connectivity index (χ1n) is 18.7. The third-order valence-electron chi connectivity index (χ3n) is 10.9. The molecule has 2 heterocycles. The largest absolute Gasteiger partial charge is 0.456 e. The highest BCUT2D eigenvalue weighted by Crippen LogP contribution is 2.51. The average Bonchev–Trinajstić information content (AvgIpc) is 3.82. The molecule has 0 spiro atoms. The maximum atomic E-state index is 6.54. The van der Waals surface area contributed by atoms with Crippen molar-refractivity contribution in [2.75, 3.05) is 4.90 Å². The monoisotopic (exact) mass is 719 g/mol. The van der Waals surface area contributed by atoms with E-state index < -0.39 is 0 Å². The highest BCUT2D eigenvalue weighted by atomic mass is 32.1. The lowest BCUT2D eigenvalue weighted by Gasteiger charge is -2.31. The maximum absolute atomic E-state index is 6.54. The maximum Gasteiger partial charge on any atom is 0.137 e. The van der Waals surface area contributed by atoms with E-state index in [9.17, 15) is 0 Å². The molecular weight excluding hydrogens is 687 g/mol. The Bertz CT molecular complexity index is 3220. The molecule has 0 aliphatic rings. The number of fused-ring (bicyclic) bond motifs is 7. The van der Waals surface area contributed by atoms with Gasteiger partial charge in [-0.15, -0.1) is 11.3 Å². The highest BCUT2D eigenvalue weighted by molar-refractivity contribution is 7.25. The Morgan fingerprint density at radius 2 is 0.982 bits per heavy atom. The number of para-hydroxylation sites is 2. The summed E-state index contributed by atoms with van der Waals surface area (Å²) < 4.78 is 9.11. The van der Waals surface area contributed by atoms with E-state index in [1.165, 1.54) is 53.2 Å². The Morgan fingerprint density at radius 3 is 1.91 bits per heavy atom. The van der Waals surface area contributed by atoms with Crippen LogP contribution < -0.4 is 4.90 Å². The predicted molar refractivity (Wildman–Crippen MR) is 235 cm³/mol. The fourth-order valence-electron chi connectivity index (χ4n) is 8.46. The smallest absolute Gasteiger partial charge is 0.137 e. The summed E-state index contributed by atoms with van der Waals surface area (Å²) in [6, 6.07) is 72.3. The van der Waals surface area contributed by atoms with Gasteiger partial charge in [0.2, 0.25) is 0 Å². The second-order valence-corrected chi connectivity index (χ2v) is 15.1. The normalized spacial score (nSPS) is 11.6. The number of hydrogen-bond donors (Lipinski definition) is 0. The molecule has 9 aromatic carbocycles. The molecule has 0 aliphatic carbocycles. The third-order valence-corrected chi connectivity index (χ3v) is 12.0. The number of nitrogens with zero attached hydrogens (tertiary/aromatic N) is 1. The summed E-state index contributed by atoms with van der Waals surface area (Å²) in [5, 5.41) is 7.21. The second kappa shape index (κ2) is 12.9. The van der Waals surface area contributed by atoms with E-state index in [1.807, 2.05) is 17.4 Å². The van der Waals surface area contributed by atoms with Crippen LogP contribution in [0, 0.1) is 0 Å². The van der Waals surface area contributed by atoms with Crippen LogP contribution in [0.25, 0.3) is 86.3 Å². The van der Waals surface area contributed by atoms with Gasteiger partial charge < -0.3 is 9.32 Å². The molecule has 0 fully saturated rings. The van der Waals surface area contributed by atoms with Gasteiger partial charge in [-0.2, -0.15) is 0 Å². The van der Waals surface area contributed by atoms with Gasteiger partial charge in [-0.05, 0) is 75.5 Å². The van der Waals surface area contributed by atoms with Crippen molar-refractivity contribution in [1.29, 1.82) is 0 Å². The van der Waals surface area contributed by atoms with E-state index in [4.69, 9.17) is 4.42 Å². The summed E-state index contributed by atoms with van der Waals surface area (Å²) in [5.74, 6) is 0. The van der Waals surface area contributed by atoms with Crippen LogP contribution in [0.4, 0.5) is 17.1 Å². The number of rotatable bonds is 6. The first-order valence-corrected chi connectivity index (χ1v) is 19.5. The van der Waals surface area contributed by atoms with Crippen molar-refractivity contribution in [3.8, 4) is 33.4 Å². The first kappa shape index (κ1) is 31.6. The molecule has 2 aromatic heterocycles. The van der Waals surface area contributed by atoms with Crippen LogP contribution in [0.2, 0.25) is 0 Å². The minimum atomic E-state index is 0.861. The van der Waals surface area contributed by atoms with Crippen molar-refractivity contribution in [3.05, 3.63) is 200 Å². The molecule has 2 nitrogen and oxygen atoms in total. The Balaban J connectivity index is 1.28. The third kappa shape index (κ3) is 5.16. The molecule has 0 atom stereocenters. The van der Waals surface area contributed by atoms with Crippen LogP contribution in [-0.2, 0) is 0 Å². The molecule has 0 saturated heterocycles. The molecule has 11 aromatic rings. The van der Waals surface area contributed by atoms with Crippen molar-refractivity contribution in [1.82, 2.24) is 0 Å². The van der Waals surface area contributed by atoms with Gasteiger partial charge in [0.25, 0.3) is 0 Å². The molecule has 0 N–H and O–H groups in total. The molecule has 258 valence electrons. The molecule has 0 unspecified atom stereocenters. The van der Waals surface area contributed by atoms with Gasteiger partial charge in [0.1, 0.15) is 11.2 Å². The summed E-state index contributed by atoms with van der Waals surface area (Å²) >= 11 is 1.86. The number of thiophene rings is 1. The molecule has 3 heteroatoms. The molecule has 0 bridgehead atoms. The first-order chi connectivity index (χ1) is 27.3. The zero-order valence-corrected chi connectivity index (χ0v) is 30.6. The van der Waals surface area contributed by atoms with Crippen LogP contribution in [-0.4, -0.2) is 0 Å². The zero-order chi connectivity index (χ0) is 36.3. The fourth-order valence-corrected chi connectivity index (χ4v) is 9.60. The van der Waals surface area contributed by atoms with Gasteiger partial charge in [0.05, 0.1) is 22.4 Å². The lowest BCUT2D eigenvalue weighted by atomic mass is 9.89. The Kier molecular flexibility index (Phi) is 7.39. The van der Waals surface area contributed by atoms with Crippen molar-refractivity contribution in [2.45, 2.75) is 0 Å². The van der Waals surface area contributed by atoms with Crippen molar-refractivity contribution in [2.24, 2.45) is 0 Å². The number of furan rings is 1. The SMILES string of the molecule is c1ccc(-c2ccccc2N(c2cccc(-c3cccc4ccccc34)c2-c2ccc3c(c2)sc2ccccc23)c2cccc3oc4ccccc4c23)cc1. The molecular formula is C52H33NOS. The van der Waals surface area contributed by atoms with Gasteiger partial charge in [-0.1, -0.05) is 158 Å². The van der Waals surface area contributed by atoms with E-state index in [2.05, 4.69) is 199 Å². The van der Waals surface area contributed by atoms with Gasteiger partial charge in [-0.25, -0.2) is 0 Å². The highest BCUT2D eigenvalue weighted by Gasteiger charge is 2.26. The summed E-state index contributed by atoms with van der Waals surface area (Å²) in [6.45, 7) is 0. The van der Waals surface area contributed by atoms with Crippen LogP contribution >= 0.6 is 11.3 Å². The standard InChI is InChI=1S/C52H33NOS/c1-2-15-35(16-3-1)38-20-6-9-25-44(38)53(46-27-14-29-48-52(46)43-22-7-10-28-47(43)54-48)45-26-13-24-42(39-23-12-18-34-17-4-5-19-37(34)39)51(45)36-31-32-41-40-21-8-11-30-49(40)55-50(41)33-36/h1-33H. The van der Waals surface area contributed by atoms with E-state index in [0.29, 0.717) is 0 Å².